The van der Waals surface area contributed by atoms with Crippen molar-refractivity contribution in [3.63, 3.8) is 0 Å². The summed E-state index contributed by atoms with van der Waals surface area (Å²) in [6.45, 7) is 3.70. The van der Waals surface area contributed by atoms with Crippen LogP contribution in [0.2, 0.25) is 0 Å². The average molecular weight is 190 g/mol. The first-order chi connectivity index (χ1) is 6.82. The molecule has 0 fully saturated rings. The van der Waals surface area contributed by atoms with E-state index >= 15 is 0 Å². The largest absolute Gasteiger partial charge is 0.251 e. The molecular weight excluding hydrogens is 176 g/mol. The van der Waals surface area contributed by atoms with E-state index in [4.69, 9.17) is 10.1 Å². The number of hydrogen-bond acceptors (Lipinski definition) is 2. The second-order valence-electron chi connectivity index (χ2n) is 3.74. The van der Waals surface area contributed by atoms with Gasteiger partial charge in [-0.3, -0.25) is 5.26 Å². The summed E-state index contributed by atoms with van der Waals surface area (Å²) in [6.07, 6.45) is 4.23. The lowest BCUT2D eigenvalue weighted by molar-refractivity contribution is -0.328. The van der Waals surface area contributed by atoms with E-state index in [1.165, 1.54) is 5.56 Å². The summed E-state index contributed by atoms with van der Waals surface area (Å²) in [7, 11) is 0. The molecule has 0 aliphatic heterocycles. The van der Waals surface area contributed by atoms with Gasteiger partial charge in [0.25, 0.3) is 0 Å². The molecule has 1 aromatic rings. The first-order valence-electron chi connectivity index (χ1n) is 4.84. The highest BCUT2D eigenvalue weighted by Gasteiger charge is 2.39. The predicted octanol–water partition coefficient (Wildman–Crippen LogP) is 2.89. The van der Waals surface area contributed by atoms with Crippen molar-refractivity contribution in [2.24, 2.45) is 0 Å². The van der Waals surface area contributed by atoms with Crippen molar-refractivity contribution < 1.29 is 10.1 Å². The quantitative estimate of drug-likeness (QED) is 0.451. The molecule has 74 valence electrons. The third-order valence-electron chi connectivity index (χ3n) is 2.96. The molecular formula is C12H14O2. The van der Waals surface area contributed by atoms with E-state index in [0.717, 1.165) is 18.4 Å². The van der Waals surface area contributed by atoms with Crippen LogP contribution < -0.4 is 0 Å². The lowest BCUT2D eigenvalue weighted by atomic mass is 9.92. The van der Waals surface area contributed by atoms with Gasteiger partial charge in [0, 0.05) is 6.42 Å². The Morgan fingerprint density at radius 2 is 2.29 bits per heavy atom. The van der Waals surface area contributed by atoms with Crippen LogP contribution in [0.1, 0.15) is 24.0 Å². The van der Waals surface area contributed by atoms with Gasteiger partial charge in [0.2, 0.25) is 0 Å². The molecule has 1 N–H and O–H groups in total. The summed E-state index contributed by atoms with van der Waals surface area (Å²) in [5.74, 6) is 0. The molecule has 2 heteroatoms. The first-order valence-corrected chi connectivity index (χ1v) is 4.84. The molecule has 2 nitrogen and oxygen atoms in total. The fourth-order valence-corrected chi connectivity index (χ4v) is 2.23. The lowest BCUT2D eigenvalue weighted by Gasteiger charge is -2.24. The van der Waals surface area contributed by atoms with Gasteiger partial charge in [-0.05, 0) is 24.0 Å². The van der Waals surface area contributed by atoms with Crippen molar-refractivity contribution >= 4 is 0 Å². The number of fused-ring (bicyclic) bond motifs is 1. The van der Waals surface area contributed by atoms with Crippen LogP contribution in [0.5, 0.6) is 0 Å². The fourth-order valence-electron chi connectivity index (χ4n) is 2.23. The molecule has 0 bridgehead atoms. The molecule has 0 spiro atoms. The maximum absolute atomic E-state index is 9.05. The summed E-state index contributed by atoms with van der Waals surface area (Å²) in [6, 6.07) is 8.09. The maximum Gasteiger partial charge on any atom is 0.132 e. The molecule has 1 unspecified atom stereocenters. The Labute approximate surface area is 83.8 Å². The SMILES string of the molecule is C=CCC1(OO)CCc2ccccc21. The molecule has 1 atom stereocenters. The van der Waals surface area contributed by atoms with Crippen LogP contribution >= 0.6 is 0 Å². The molecule has 2 rings (SSSR count). The molecule has 1 aliphatic rings. The van der Waals surface area contributed by atoms with Gasteiger partial charge in [-0.25, -0.2) is 4.89 Å². The fraction of sp³-hybridized carbons (Fsp3) is 0.333. The highest BCUT2D eigenvalue weighted by Crippen LogP contribution is 2.41. The van der Waals surface area contributed by atoms with Gasteiger partial charge in [0.15, 0.2) is 0 Å². The van der Waals surface area contributed by atoms with E-state index in [2.05, 4.69) is 12.6 Å². The van der Waals surface area contributed by atoms with E-state index in [1.54, 1.807) is 6.08 Å². The molecule has 1 aliphatic carbocycles. The minimum Gasteiger partial charge on any atom is -0.251 e. The third-order valence-corrected chi connectivity index (χ3v) is 2.96. The monoisotopic (exact) mass is 190 g/mol. The second kappa shape index (κ2) is 3.56. The predicted molar refractivity (Wildman–Crippen MR) is 55.0 cm³/mol. The molecule has 1 aromatic carbocycles. The van der Waals surface area contributed by atoms with Crippen LogP contribution in [0.3, 0.4) is 0 Å². The zero-order valence-electron chi connectivity index (χ0n) is 8.07. The minimum absolute atomic E-state index is 0.543. The maximum atomic E-state index is 9.05. The summed E-state index contributed by atoms with van der Waals surface area (Å²) in [4.78, 5) is 4.69. The summed E-state index contributed by atoms with van der Waals surface area (Å²) >= 11 is 0. The third kappa shape index (κ3) is 1.27. The Morgan fingerprint density at radius 1 is 1.50 bits per heavy atom. The standard InChI is InChI=1S/C12H14O2/c1-2-8-12(14-13)9-7-10-5-3-4-6-11(10)12/h2-6,13H,1,7-9H2. The average Bonchev–Trinajstić information content (AvgIpc) is 2.59. The van der Waals surface area contributed by atoms with Crippen LogP contribution in [-0.4, -0.2) is 5.26 Å². The molecule has 0 heterocycles. The molecule has 14 heavy (non-hydrogen) atoms. The molecule has 0 aromatic heterocycles. The highest BCUT2D eigenvalue weighted by atomic mass is 17.1. The lowest BCUT2D eigenvalue weighted by Crippen LogP contribution is -2.24. The van der Waals surface area contributed by atoms with Gasteiger partial charge < -0.3 is 0 Å². The molecule has 0 amide bonds. The summed E-state index contributed by atoms with van der Waals surface area (Å²) in [5, 5.41) is 9.05. The Hall–Kier alpha value is -1.12. The van der Waals surface area contributed by atoms with Crippen LogP contribution in [0.25, 0.3) is 0 Å². The number of aryl methyl sites for hydroxylation is 1. The number of hydrogen-bond donors (Lipinski definition) is 1. The van der Waals surface area contributed by atoms with Gasteiger partial charge in [-0.15, -0.1) is 6.58 Å². The molecule has 0 saturated heterocycles. The van der Waals surface area contributed by atoms with Crippen LogP contribution in [0.4, 0.5) is 0 Å². The second-order valence-corrected chi connectivity index (χ2v) is 3.74. The Bertz CT molecular complexity index is 346. The van der Waals surface area contributed by atoms with E-state index in [0.29, 0.717) is 6.42 Å². The van der Waals surface area contributed by atoms with Crippen molar-refractivity contribution in [1.82, 2.24) is 0 Å². The van der Waals surface area contributed by atoms with Crippen molar-refractivity contribution in [3.8, 4) is 0 Å². The first kappa shape index (κ1) is 9.44. The summed E-state index contributed by atoms with van der Waals surface area (Å²) in [5.41, 5.74) is 1.82. The molecule has 0 saturated carbocycles. The Kier molecular flexibility index (Phi) is 2.40. The Morgan fingerprint density at radius 3 is 3.00 bits per heavy atom. The van der Waals surface area contributed by atoms with Crippen LogP contribution in [0.15, 0.2) is 36.9 Å². The van der Waals surface area contributed by atoms with E-state index in [1.807, 2.05) is 18.2 Å². The van der Waals surface area contributed by atoms with Crippen molar-refractivity contribution in [2.75, 3.05) is 0 Å². The van der Waals surface area contributed by atoms with Crippen LogP contribution in [-0.2, 0) is 16.9 Å². The van der Waals surface area contributed by atoms with Gasteiger partial charge in [-0.2, -0.15) is 0 Å². The topological polar surface area (TPSA) is 29.5 Å². The number of rotatable bonds is 3. The van der Waals surface area contributed by atoms with Crippen LogP contribution in [0, 0.1) is 0 Å². The smallest absolute Gasteiger partial charge is 0.132 e. The highest BCUT2D eigenvalue weighted by molar-refractivity contribution is 5.37. The zero-order chi connectivity index (χ0) is 10.0. The zero-order valence-corrected chi connectivity index (χ0v) is 8.07. The van der Waals surface area contributed by atoms with Crippen molar-refractivity contribution in [2.45, 2.75) is 24.9 Å². The van der Waals surface area contributed by atoms with E-state index in [-0.39, 0.29) is 0 Å². The van der Waals surface area contributed by atoms with Gasteiger partial charge in [-0.1, -0.05) is 30.3 Å². The Balaban J connectivity index is 2.44. The summed E-state index contributed by atoms with van der Waals surface area (Å²) < 4.78 is 0. The van der Waals surface area contributed by atoms with Crippen molar-refractivity contribution in [3.05, 3.63) is 48.0 Å². The van der Waals surface area contributed by atoms with Gasteiger partial charge >= 0.3 is 0 Å². The number of benzene rings is 1. The minimum atomic E-state index is -0.543. The van der Waals surface area contributed by atoms with Gasteiger partial charge in [0.1, 0.15) is 5.60 Å². The normalized spacial score (nSPS) is 24.6. The van der Waals surface area contributed by atoms with E-state index in [9.17, 15) is 0 Å². The van der Waals surface area contributed by atoms with E-state index < -0.39 is 5.60 Å². The van der Waals surface area contributed by atoms with Gasteiger partial charge in [0.05, 0.1) is 0 Å². The molecule has 0 radical (unpaired) electrons. The van der Waals surface area contributed by atoms with Crippen molar-refractivity contribution in [1.29, 1.82) is 0 Å².